The molecule has 0 atom stereocenters. The molecule has 0 amide bonds. The second-order valence-corrected chi connectivity index (χ2v) is 7.77. The van der Waals surface area contributed by atoms with Gasteiger partial charge in [0.1, 0.15) is 5.82 Å². The first-order chi connectivity index (χ1) is 15.8. The van der Waals surface area contributed by atoms with Gasteiger partial charge in [-0.05, 0) is 29.8 Å². The summed E-state index contributed by atoms with van der Waals surface area (Å²) in [6, 6.07) is 15.8. The van der Waals surface area contributed by atoms with E-state index in [9.17, 15) is 0 Å². The van der Waals surface area contributed by atoms with Crippen molar-refractivity contribution in [1.29, 1.82) is 0 Å². The van der Waals surface area contributed by atoms with Gasteiger partial charge in [0.2, 0.25) is 11.9 Å². The summed E-state index contributed by atoms with van der Waals surface area (Å²) in [4.78, 5) is 15.9. The van der Waals surface area contributed by atoms with Gasteiger partial charge in [-0.3, -0.25) is 9.67 Å². The highest BCUT2D eigenvalue weighted by molar-refractivity contribution is 6.33. The molecule has 3 aromatic heterocycles. The molecular formula is C23H17ClN8. The molecule has 4 heterocycles. The molecule has 1 aliphatic rings. The molecule has 6 rings (SSSR count). The third-order valence-electron chi connectivity index (χ3n) is 5.38. The minimum absolute atomic E-state index is 0.519. The SMILES string of the molecule is Clc1ccccc1N1Cc2cnc(Nc3ccc(-c4cn[nH]c4)cc3)nc2-n2ccnc21. The van der Waals surface area contributed by atoms with Crippen molar-refractivity contribution in [3.05, 3.63) is 90.1 Å². The van der Waals surface area contributed by atoms with Crippen LogP contribution in [0.15, 0.2) is 79.5 Å². The van der Waals surface area contributed by atoms with Crippen LogP contribution in [0, 0.1) is 0 Å². The summed E-state index contributed by atoms with van der Waals surface area (Å²) in [5.41, 5.74) is 4.90. The van der Waals surface area contributed by atoms with Crippen molar-refractivity contribution < 1.29 is 0 Å². The van der Waals surface area contributed by atoms with Crippen molar-refractivity contribution in [3.63, 3.8) is 0 Å². The number of H-pyrrole nitrogens is 1. The standard InChI is InChI=1S/C23H17ClN8/c24-19-3-1-2-4-20(19)32-14-17-11-26-22(30-21(17)31-10-9-25-23(31)32)29-18-7-5-15(6-8-18)16-12-27-28-13-16/h1-13H,14H2,(H,27,28)(H,26,29,30). The summed E-state index contributed by atoms with van der Waals surface area (Å²) in [5.74, 6) is 2.08. The number of fused-ring (bicyclic) bond motifs is 3. The molecule has 0 aliphatic carbocycles. The maximum atomic E-state index is 6.45. The van der Waals surface area contributed by atoms with Gasteiger partial charge in [-0.25, -0.2) is 9.97 Å². The Hall–Kier alpha value is -4.17. The fraction of sp³-hybridized carbons (Fsp3) is 0.0435. The number of rotatable bonds is 4. The zero-order valence-electron chi connectivity index (χ0n) is 16.8. The summed E-state index contributed by atoms with van der Waals surface area (Å²) >= 11 is 6.45. The Morgan fingerprint density at radius 3 is 2.66 bits per heavy atom. The number of halogens is 1. The van der Waals surface area contributed by atoms with Crippen LogP contribution in [-0.2, 0) is 6.54 Å². The average Bonchev–Trinajstić information content (AvgIpc) is 3.52. The fourth-order valence-electron chi connectivity index (χ4n) is 3.83. The lowest BCUT2D eigenvalue weighted by atomic mass is 10.1. The largest absolute Gasteiger partial charge is 0.324 e. The summed E-state index contributed by atoms with van der Waals surface area (Å²) < 4.78 is 1.96. The van der Waals surface area contributed by atoms with Crippen LogP contribution in [-0.4, -0.2) is 29.7 Å². The monoisotopic (exact) mass is 440 g/mol. The van der Waals surface area contributed by atoms with Gasteiger partial charge in [-0.15, -0.1) is 0 Å². The number of benzene rings is 2. The molecule has 0 radical (unpaired) electrons. The van der Waals surface area contributed by atoms with Gasteiger partial charge in [-0.2, -0.15) is 10.1 Å². The Morgan fingerprint density at radius 1 is 0.969 bits per heavy atom. The van der Waals surface area contributed by atoms with E-state index in [2.05, 4.69) is 30.4 Å². The highest BCUT2D eigenvalue weighted by Gasteiger charge is 2.27. The average molecular weight is 441 g/mol. The number of nitrogens with one attached hydrogen (secondary N) is 2. The third-order valence-corrected chi connectivity index (χ3v) is 5.70. The fourth-order valence-corrected chi connectivity index (χ4v) is 4.06. The first kappa shape index (κ1) is 18.6. The second kappa shape index (κ2) is 7.51. The van der Waals surface area contributed by atoms with E-state index in [1.54, 1.807) is 12.4 Å². The minimum atomic E-state index is 0.519. The van der Waals surface area contributed by atoms with Gasteiger partial charge in [0.05, 0.1) is 23.5 Å². The van der Waals surface area contributed by atoms with E-state index in [1.807, 2.05) is 71.7 Å². The third kappa shape index (κ3) is 3.17. The van der Waals surface area contributed by atoms with Gasteiger partial charge in [0, 0.05) is 41.6 Å². The molecule has 8 nitrogen and oxygen atoms in total. The Labute approximate surface area is 188 Å². The zero-order valence-corrected chi connectivity index (χ0v) is 17.5. The van der Waals surface area contributed by atoms with Crippen molar-refractivity contribution in [2.75, 3.05) is 10.2 Å². The van der Waals surface area contributed by atoms with E-state index in [0.29, 0.717) is 17.5 Å². The first-order valence-electron chi connectivity index (χ1n) is 10.0. The van der Waals surface area contributed by atoms with E-state index in [4.69, 9.17) is 16.6 Å². The van der Waals surface area contributed by atoms with Crippen LogP contribution < -0.4 is 10.2 Å². The van der Waals surface area contributed by atoms with Crippen LogP contribution in [0.5, 0.6) is 0 Å². The lowest BCUT2D eigenvalue weighted by Crippen LogP contribution is -2.27. The number of aromatic nitrogens is 6. The van der Waals surface area contributed by atoms with E-state index in [-0.39, 0.29) is 0 Å². The Kier molecular flexibility index (Phi) is 4.36. The van der Waals surface area contributed by atoms with Crippen molar-refractivity contribution in [2.24, 2.45) is 0 Å². The quantitative estimate of drug-likeness (QED) is 0.404. The van der Waals surface area contributed by atoms with Crippen LogP contribution in [0.3, 0.4) is 0 Å². The first-order valence-corrected chi connectivity index (χ1v) is 10.4. The lowest BCUT2D eigenvalue weighted by Gasteiger charge is -2.30. The molecule has 156 valence electrons. The number of aromatic amines is 1. The molecule has 5 aromatic rings. The highest BCUT2D eigenvalue weighted by Crippen LogP contribution is 2.37. The topological polar surface area (TPSA) is 87.5 Å². The molecule has 2 N–H and O–H groups in total. The van der Waals surface area contributed by atoms with Crippen LogP contribution in [0.1, 0.15) is 5.56 Å². The van der Waals surface area contributed by atoms with Crippen molar-refractivity contribution >= 4 is 34.9 Å². The molecule has 0 saturated heterocycles. The predicted molar refractivity (Wildman–Crippen MR) is 124 cm³/mol. The van der Waals surface area contributed by atoms with Crippen LogP contribution in [0.25, 0.3) is 16.9 Å². The molecule has 1 aliphatic heterocycles. The van der Waals surface area contributed by atoms with Gasteiger partial charge in [-0.1, -0.05) is 35.9 Å². The number of imidazole rings is 1. The molecule has 2 aromatic carbocycles. The molecule has 0 unspecified atom stereocenters. The molecule has 32 heavy (non-hydrogen) atoms. The minimum Gasteiger partial charge on any atom is -0.324 e. The number of hydrogen-bond acceptors (Lipinski definition) is 6. The smallest absolute Gasteiger partial charge is 0.229 e. The van der Waals surface area contributed by atoms with E-state index in [0.717, 1.165) is 39.8 Å². The van der Waals surface area contributed by atoms with Crippen LogP contribution in [0.2, 0.25) is 5.02 Å². The lowest BCUT2D eigenvalue weighted by molar-refractivity contribution is 0.802. The van der Waals surface area contributed by atoms with Gasteiger partial charge in [0.25, 0.3) is 0 Å². The van der Waals surface area contributed by atoms with E-state index in [1.165, 1.54) is 0 Å². The van der Waals surface area contributed by atoms with Crippen molar-refractivity contribution in [1.82, 2.24) is 29.7 Å². The highest BCUT2D eigenvalue weighted by atomic mass is 35.5. The van der Waals surface area contributed by atoms with E-state index >= 15 is 0 Å². The summed E-state index contributed by atoms with van der Waals surface area (Å²) in [6.45, 7) is 0.579. The molecule has 0 fully saturated rings. The second-order valence-electron chi connectivity index (χ2n) is 7.37. The van der Waals surface area contributed by atoms with E-state index < -0.39 is 0 Å². The number of hydrogen-bond donors (Lipinski definition) is 2. The van der Waals surface area contributed by atoms with Gasteiger partial charge in [0.15, 0.2) is 0 Å². The van der Waals surface area contributed by atoms with Crippen molar-refractivity contribution in [2.45, 2.75) is 6.54 Å². The number of para-hydroxylation sites is 1. The van der Waals surface area contributed by atoms with Gasteiger partial charge < -0.3 is 10.2 Å². The van der Waals surface area contributed by atoms with Crippen LogP contribution in [0.4, 0.5) is 23.3 Å². The summed E-state index contributed by atoms with van der Waals surface area (Å²) in [7, 11) is 0. The molecule has 0 bridgehead atoms. The summed E-state index contributed by atoms with van der Waals surface area (Å²) in [6.07, 6.45) is 9.16. The normalized spacial score (nSPS) is 12.3. The van der Waals surface area contributed by atoms with Gasteiger partial charge >= 0.3 is 0 Å². The maximum Gasteiger partial charge on any atom is 0.229 e. The van der Waals surface area contributed by atoms with Crippen molar-refractivity contribution in [3.8, 4) is 16.9 Å². The molecule has 0 spiro atoms. The predicted octanol–water partition coefficient (Wildman–Crippen LogP) is 5.10. The Bertz CT molecular complexity index is 1390. The number of anilines is 4. The number of nitrogens with zero attached hydrogens (tertiary/aromatic N) is 6. The molecule has 0 saturated carbocycles. The zero-order chi connectivity index (χ0) is 21.5. The summed E-state index contributed by atoms with van der Waals surface area (Å²) in [5, 5.41) is 10.8. The maximum absolute atomic E-state index is 6.45. The van der Waals surface area contributed by atoms with Crippen LogP contribution >= 0.6 is 11.6 Å². The Morgan fingerprint density at radius 2 is 1.84 bits per heavy atom. The Balaban J connectivity index is 1.30. The molecule has 9 heteroatoms. The molecular weight excluding hydrogens is 424 g/mol.